The fourth-order valence-corrected chi connectivity index (χ4v) is 3.84. The fraction of sp³-hybridized carbons (Fsp3) is 0.438. The number of carbonyl (C=O) groups is 1. The molecule has 0 unspecified atom stereocenters. The van der Waals surface area contributed by atoms with Gasteiger partial charge in [-0.15, -0.1) is 0 Å². The highest BCUT2D eigenvalue weighted by Gasteiger charge is 2.25. The highest BCUT2D eigenvalue weighted by Crippen LogP contribution is 2.34. The quantitative estimate of drug-likeness (QED) is 0.800. The van der Waals surface area contributed by atoms with Gasteiger partial charge < -0.3 is 14.6 Å². The average Bonchev–Trinajstić information content (AvgIpc) is 2.63. The number of rotatable bonds is 0. The summed E-state index contributed by atoms with van der Waals surface area (Å²) in [7, 11) is 0. The summed E-state index contributed by atoms with van der Waals surface area (Å²) in [6.07, 6.45) is 3.25. The van der Waals surface area contributed by atoms with E-state index in [9.17, 15) is 9.90 Å². The van der Waals surface area contributed by atoms with Gasteiger partial charge in [0.25, 0.3) is 0 Å². The summed E-state index contributed by atoms with van der Waals surface area (Å²) >= 11 is 0. The minimum atomic E-state index is -0.793. The van der Waals surface area contributed by atoms with Crippen LogP contribution in [0.3, 0.4) is 0 Å². The van der Waals surface area contributed by atoms with E-state index in [2.05, 4.69) is 22.8 Å². The Morgan fingerprint density at radius 3 is 2.80 bits per heavy atom. The van der Waals surface area contributed by atoms with E-state index in [0.717, 1.165) is 19.4 Å². The molecule has 4 heteroatoms. The van der Waals surface area contributed by atoms with E-state index in [1.807, 2.05) is 0 Å². The van der Waals surface area contributed by atoms with Crippen molar-refractivity contribution >= 4 is 17.0 Å². The Morgan fingerprint density at radius 1 is 1.10 bits per heavy atom. The van der Waals surface area contributed by atoms with Gasteiger partial charge in [0.1, 0.15) is 0 Å². The number of amides is 1. The van der Waals surface area contributed by atoms with E-state index in [0.29, 0.717) is 13.1 Å². The Bertz CT molecular complexity index is 702. The van der Waals surface area contributed by atoms with Crippen molar-refractivity contribution in [3.8, 4) is 0 Å². The van der Waals surface area contributed by atoms with Crippen molar-refractivity contribution in [1.29, 1.82) is 0 Å². The van der Waals surface area contributed by atoms with E-state index in [1.54, 1.807) is 4.90 Å². The lowest BCUT2D eigenvalue weighted by Gasteiger charge is -2.19. The van der Waals surface area contributed by atoms with Crippen LogP contribution in [-0.4, -0.2) is 33.8 Å². The smallest absolute Gasteiger partial charge is 0.407 e. The van der Waals surface area contributed by atoms with Crippen LogP contribution in [-0.2, 0) is 25.8 Å². The summed E-state index contributed by atoms with van der Waals surface area (Å²) in [6, 6.07) is 6.59. The van der Waals surface area contributed by atoms with Gasteiger partial charge in [-0.3, -0.25) is 0 Å². The highest BCUT2D eigenvalue weighted by molar-refractivity contribution is 5.89. The summed E-state index contributed by atoms with van der Waals surface area (Å²) < 4.78 is 2.45. The number of aromatic nitrogens is 1. The Hall–Kier alpha value is -1.97. The minimum Gasteiger partial charge on any atom is -0.465 e. The first-order valence-corrected chi connectivity index (χ1v) is 7.35. The Balaban J connectivity index is 1.88. The number of hydrogen-bond acceptors (Lipinski definition) is 1. The molecule has 0 spiro atoms. The molecule has 0 saturated carbocycles. The number of fused-ring (bicyclic) bond motifs is 3. The van der Waals surface area contributed by atoms with Gasteiger partial charge in [-0.2, -0.15) is 0 Å². The molecule has 0 bridgehead atoms. The first-order chi connectivity index (χ1) is 9.75. The normalized spacial score (nSPS) is 17.9. The van der Waals surface area contributed by atoms with Crippen LogP contribution in [0.4, 0.5) is 4.79 Å². The monoisotopic (exact) mass is 270 g/mol. The molecular formula is C16H18N2O2. The van der Waals surface area contributed by atoms with E-state index in [4.69, 9.17) is 0 Å². The van der Waals surface area contributed by atoms with Gasteiger partial charge in [-0.1, -0.05) is 18.2 Å². The van der Waals surface area contributed by atoms with Crippen LogP contribution >= 0.6 is 0 Å². The number of benzene rings is 1. The van der Waals surface area contributed by atoms with Crippen LogP contribution in [0.25, 0.3) is 10.9 Å². The molecule has 2 aliphatic rings. The minimum absolute atomic E-state index is 0.617. The van der Waals surface area contributed by atoms with Crippen LogP contribution in [0, 0.1) is 0 Å². The van der Waals surface area contributed by atoms with Crippen LogP contribution < -0.4 is 0 Å². The van der Waals surface area contributed by atoms with Crippen LogP contribution in [0.2, 0.25) is 0 Å². The fourth-order valence-electron chi connectivity index (χ4n) is 3.84. The van der Waals surface area contributed by atoms with Crippen molar-refractivity contribution in [3.63, 3.8) is 0 Å². The maximum atomic E-state index is 11.2. The lowest BCUT2D eigenvalue weighted by molar-refractivity contribution is 0.147. The zero-order valence-electron chi connectivity index (χ0n) is 11.4. The Morgan fingerprint density at radius 2 is 1.95 bits per heavy atom. The predicted octanol–water partition coefficient (Wildman–Crippen LogP) is 2.67. The molecule has 4 nitrogen and oxygen atoms in total. The number of para-hydroxylation sites is 1. The maximum Gasteiger partial charge on any atom is 0.407 e. The third kappa shape index (κ3) is 1.57. The summed E-state index contributed by atoms with van der Waals surface area (Å²) in [4.78, 5) is 12.7. The first kappa shape index (κ1) is 11.8. The Labute approximate surface area is 117 Å². The second kappa shape index (κ2) is 4.27. The lowest BCUT2D eigenvalue weighted by Crippen LogP contribution is -2.31. The van der Waals surface area contributed by atoms with Gasteiger partial charge in [0.2, 0.25) is 0 Å². The molecule has 0 radical (unpaired) electrons. The molecule has 1 aromatic carbocycles. The molecular weight excluding hydrogens is 252 g/mol. The van der Waals surface area contributed by atoms with Gasteiger partial charge in [0.15, 0.2) is 0 Å². The van der Waals surface area contributed by atoms with Crippen molar-refractivity contribution in [2.45, 2.75) is 32.2 Å². The van der Waals surface area contributed by atoms with Crippen molar-refractivity contribution in [1.82, 2.24) is 9.47 Å². The molecule has 0 fully saturated rings. The number of nitrogens with zero attached hydrogens (tertiary/aromatic N) is 2. The molecule has 104 valence electrons. The standard InChI is InChI=1S/C16H18N2O2/c19-16(20)17-9-6-12-13-5-1-3-11-4-2-8-18(15(11)13)14(12)7-10-17/h1,3,5H,2,4,6-10H2,(H,19,20). The molecule has 1 amide bonds. The molecule has 0 atom stereocenters. The lowest BCUT2D eigenvalue weighted by atomic mass is 10.0. The van der Waals surface area contributed by atoms with E-state index in [-0.39, 0.29) is 0 Å². The summed E-state index contributed by atoms with van der Waals surface area (Å²) in [6.45, 7) is 2.32. The first-order valence-electron chi connectivity index (χ1n) is 7.35. The zero-order chi connectivity index (χ0) is 13.7. The number of aryl methyl sites for hydroxylation is 2. The molecule has 20 heavy (non-hydrogen) atoms. The Kier molecular flexibility index (Phi) is 2.52. The zero-order valence-corrected chi connectivity index (χ0v) is 11.4. The van der Waals surface area contributed by atoms with Gasteiger partial charge in [0, 0.05) is 37.1 Å². The second-order valence-electron chi connectivity index (χ2n) is 5.76. The van der Waals surface area contributed by atoms with Gasteiger partial charge >= 0.3 is 6.09 Å². The van der Waals surface area contributed by atoms with Crippen LogP contribution in [0.5, 0.6) is 0 Å². The van der Waals surface area contributed by atoms with Gasteiger partial charge in [-0.25, -0.2) is 4.79 Å². The van der Waals surface area contributed by atoms with E-state index >= 15 is 0 Å². The molecule has 3 heterocycles. The molecule has 2 aromatic rings. The van der Waals surface area contributed by atoms with Gasteiger partial charge in [-0.05, 0) is 30.4 Å². The van der Waals surface area contributed by atoms with Crippen molar-refractivity contribution in [2.75, 3.05) is 13.1 Å². The molecule has 2 aliphatic heterocycles. The third-order valence-corrected chi connectivity index (χ3v) is 4.74. The van der Waals surface area contributed by atoms with Crippen molar-refractivity contribution in [3.05, 3.63) is 35.0 Å². The second-order valence-corrected chi connectivity index (χ2v) is 5.76. The van der Waals surface area contributed by atoms with Crippen molar-refractivity contribution < 1.29 is 9.90 Å². The summed E-state index contributed by atoms with van der Waals surface area (Å²) in [5.41, 5.74) is 5.62. The van der Waals surface area contributed by atoms with Crippen LogP contribution in [0.15, 0.2) is 18.2 Å². The molecule has 4 rings (SSSR count). The summed E-state index contributed by atoms with van der Waals surface area (Å²) in [5, 5.41) is 10.5. The number of hydrogen-bond donors (Lipinski definition) is 1. The van der Waals surface area contributed by atoms with E-state index < -0.39 is 6.09 Å². The van der Waals surface area contributed by atoms with E-state index in [1.165, 1.54) is 40.6 Å². The maximum absolute atomic E-state index is 11.2. The third-order valence-electron chi connectivity index (χ3n) is 4.74. The molecule has 0 aliphatic carbocycles. The number of carboxylic acid groups (broad SMARTS) is 1. The van der Waals surface area contributed by atoms with Gasteiger partial charge in [0.05, 0.1) is 5.52 Å². The predicted molar refractivity (Wildman–Crippen MR) is 77.3 cm³/mol. The molecule has 0 saturated heterocycles. The molecule has 1 N–H and O–H groups in total. The van der Waals surface area contributed by atoms with Crippen LogP contribution in [0.1, 0.15) is 23.2 Å². The van der Waals surface area contributed by atoms with Crippen molar-refractivity contribution in [2.24, 2.45) is 0 Å². The SMILES string of the molecule is O=C(O)N1CCc2c(n3c4c(cccc24)CCC3)CC1. The molecule has 1 aromatic heterocycles. The summed E-state index contributed by atoms with van der Waals surface area (Å²) in [5.74, 6) is 0. The largest absolute Gasteiger partial charge is 0.465 e. The highest BCUT2D eigenvalue weighted by atomic mass is 16.4. The average molecular weight is 270 g/mol. The topological polar surface area (TPSA) is 45.5 Å².